The highest BCUT2D eigenvalue weighted by molar-refractivity contribution is 5.85. The molecule has 0 aliphatic carbocycles. The lowest BCUT2D eigenvalue weighted by molar-refractivity contribution is -0.873. The van der Waals surface area contributed by atoms with E-state index in [4.69, 9.17) is 21.7 Å². The van der Waals surface area contributed by atoms with Crippen molar-refractivity contribution in [2.24, 2.45) is 11.5 Å². The lowest BCUT2D eigenvalue weighted by Gasteiger charge is -2.26. The molecule has 0 aliphatic rings. The zero-order valence-electron chi connectivity index (χ0n) is 13.0. The molecule has 0 heterocycles. The molecule has 1 amide bonds. The monoisotopic (exact) mass is 343 g/mol. The van der Waals surface area contributed by atoms with E-state index >= 15 is 0 Å². The number of nitrogens with two attached hydrogens (primary N) is 2. The maximum absolute atomic E-state index is 10.1. The Bertz CT molecular complexity index is 359. The Morgan fingerprint density at radius 3 is 1.95 bits per heavy atom. The molecule has 0 aromatic carbocycles. The van der Waals surface area contributed by atoms with Gasteiger partial charge >= 0.3 is 5.97 Å². The Hall–Kier alpha value is -1.42. The number of aliphatic hydroxyl groups is 1. The number of carbonyl (C=O) groups is 3. The van der Waals surface area contributed by atoms with Crippen molar-refractivity contribution in [3.63, 3.8) is 0 Å². The van der Waals surface area contributed by atoms with E-state index in [2.05, 4.69) is 0 Å². The molecule has 2 atom stereocenters. The Morgan fingerprint density at radius 2 is 1.68 bits per heavy atom. The van der Waals surface area contributed by atoms with E-state index in [0.29, 0.717) is 11.0 Å². The zero-order chi connectivity index (χ0) is 17.2. The van der Waals surface area contributed by atoms with Crippen LogP contribution in [0.1, 0.15) is 19.3 Å². The summed E-state index contributed by atoms with van der Waals surface area (Å²) in [6.45, 7) is 0.425. The summed E-state index contributed by atoms with van der Waals surface area (Å²) in [5.74, 6) is -2.84. The molecule has 0 aliphatic heterocycles. The number of aliphatic carboxylic acids is 2. The van der Waals surface area contributed by atoms with Crippen LogP contribution in [0.15, 0.2) is 0 Å². The number of hydrogen-bond donors (Lipinski definition) is 4. The first-order valence-corrected chi connectivity index (χ1v) is 6.30. The van der Waals surface area contributed by atoms with Gasteiger partial charge in [0.2, 0.25) is 5.91 Å². The second kappa shape index (κ2) is 12.2. The van der Waals surface area contributed by atoms with Gasteiger partial charge in [-0.15, -0.1) is 12.4 Å². The fourth-order valence-electron chi connectivity index (χ4n) is 1.31. The number of primary amides is 1. The summed E-state index contributed by atoms with van der Waals surface area (Å²) in [5, 5.41) is 27.4. The van der Waals surface area contributed by atoms with Gasteiger partial charge in [-0.3, -0.25) is 9.59 Å². The van der Waals surface area contributed by atoms with Gasteiger partial charge in [-0.25, -0.2) is 0 Å². The van der Waals surface area contributed by atoms with E-state index in [0.717, 1.165) is 0 Å². The first-order chi connectivity index (χ1) is 9.35. The lowest BCUT2D eigenvalue weighted by Crippen LogP contribution is -2.43. The van der Waals surface area contributed by atoms with Crippen LogP contribution < -0.4 is 16.6 Å². The van der Waals surface area contributed by atoms with Gasteiger partial charge in [0, 0.05) is 18.8 Å². The Balaban J connectivity index is -0.000000315. The standard InChI is InChI=1S/C7H15NO3.C5H10N2O3.ClH/c1-8(2,3)5-6(9)4-7(10)11;6-3(5(9)10)1-2-4(7)8;/h6,9H,4-5H2,1-3H3;3H,1-2,6H2,(H2,7,8)(H,9,10);1H/t6-;3-;/m10./s1. The van der Waals surface area contributed by atoms with Crippen LogP contribution in [0, 0.1) is 0 Å². The maximum Gasteiger partial charge on any atom is 0.320 e. The second-order valence-electron chi connectivity index (χ2n) is 5.65. The third-order valence-electron chi connectivity index (χ3n) is 2.18. The zero-order valence-corrected chi connectivity index (χ0v) is 13.8. The molecule has 0 unspecified atom stereocenters. The molecule has 22 heavy (non-hydrogen) atoms. The summed E-state index contributed by atoms with van der Waals surface area (Å²) in [7, 11) is 5.66. The smallest absolute Gasteiger partial charge is 0.320 e. The molecule has 132 valence electrons. The Kier molecular flexibility index (Phi) is 14.1. The fraction of sp³-hybridized carbons (Fsp3) is 0.750. The summed E-state index contributed by atoms with van der Waals surface area (Å²) in [6.07, 6.45) is -0.965. The van der Waals surface area contributed by atoms with Crippen LogP contribution in [0.25, 0.3) is 0 Å². The number of carboxylic acid groups (broad SMARTS) is 2. The highest BCUT2D eigenvalue weighted by Crippen LogP contribution is 1.97. The first kappa shape index (κ1) is 25.5. The molecule has 0 radical (unpaired) electrons. The molecule has 9 nitrogen and oxygen atoms in total. The minimum atomic E-state index is -1.20. The van der Waals surface area contributed by atoms with Gasteiger partial charge < -0.3 is 36.1 Å². The summed E-state index contributed by atoms with van der Waals surface area (Å²) in [4.78, 5) is 30.2. The van der Waals surface area contributed by atoms with Crippen molar-refractivity contribution in [3.05, 3.63) is 0 Å². The van der Waals surface area contributed by atoms with E-state index in [-0.39, 0.29) is 31.7 Å². The van der Waals surface area contributed by atoms with Crippen molar-refractivity contribution >= 4 is 30.3 Å². The number of carbonyl (C=O) groups excluding carboxylic acids is 2. The van der Waals surface area contributed by atoms with Gasteiger partial charge in [0.25, 0.3) is 0 Å². The molecule has 10 heteroatoms. The predicted molar refractivity (Wildman–Crippen MR) is 79.8 cm³/mol. The fourth-order valence-corrected chi connectivity index (χ4v) is 1.31. The average molecular weight is 344 g/mol. The van der Waals surface area contributed by atoms with Crippen LogP contribution in [0.5, 0.6) is 0 Å². The highest BCUT2D eigenvalue weighted by atomic mass is 35.5. The van der Waals surface area contributed by atoms with Gasteiger partial charge in [-0.2, -0.15) is 0 Å². The summed E-state index contributed by atoms with van der Waals surface area (Å²) in [5.41, 5.74) is 9.81. The second-order valence-corrected chi connectivity index (χ2v) is 5.65. The van der Waals surface area contributed by atoms with Crippen LogP contribution in [0.3, 0.4) is 0 Å². The third-order valence-corrected chi connectivity index (χ3v) is 2.18. The molecule has 0 aromatic heterocycles. The number of likely N-dealkylation sites (N-methyl/N-ethyl adjacent to an activating group) is 1. The summed E-state index contributed by atoms with van der Waals surface area (Å²) >= 11 is 0. The van der Waals surface area contributed by atoms with E-state index < -0.39 is 30.0 Å². The maximum atomic E-state index is 10.1. The van der Waals surface area contributed by atoms with Gasteiger partial charge in [0.1, 0.15) is 18.7 Å². The number of amides is 1. The molecule has 0 spiro atoms. The van der Waals surface area contributed by atoms with Crippen LogP contribution in [-0.4, -0.2) is 72.4 Å². The van der Waals surface area contributed by atoms with Gasteiger partial charge in [0.05, 0.1) is 21.1 Å². The minimum absolute atomic E-state index is 0. The number of quaternary nitrogens is 1. The summed E-state index contributed by atoms with van der Waals surface area (Å²) in [6, 6.07) is -0.979. The van der Waals surface area contributed by atoms with Gasteiger partial charge in [-0.05, 0) is 6.42 Å². The molecule has 0 saturated heterocycles. The number of hydrogen-bond acceptors (Lipinski definition) is 6. The SMILES string of the molecule is C[N+](C)(C)C[C@H](O)CC(=O)[O-].Cl.NC(=O)CC[C@H](N)C(=O)O. The largest absolute Gasteiger partial charge is 0.550 e. The van der Waals surface area contributed by atoms with E-state index in [1.807, 2.05) is 21.1 Å². The Morgan fingerprint density at radius 1 is 1.23 bits per heavy atom. The highest BCUT2D eigenvalue weighted by Gasteiger charge is 2.15. The average Bonchev–Trinajstić information content (AvgIpc) is 2.22. The van der Waals surface area contributed by atoms with Crippen LogP contribution in [-0.2, 0) is 14.4 Å². The van der Waals surface area contributed by atoms with Crippen molar-refractivity contribution in [3.8, 4) is 0 Å². The van der Waals surface area contributed by atoms with Crippen molar-refractivity contribution in [1.29, 1.82) is 0 Å². The molecule has 0 saturated carbocycles. The number of aliphatic hydroxyl groups excluding tert-OH is 1. The molecule has 6 N–H and O–H groups in total. The van der Waals surface area contributed by atoms with Gasteiger partial charge in [-0.1, -0.05) is 0 Å². The van der Waals surface area contributed by atoms with Crippen LogP contribution in [0.4, 0.5) is 0 Å². The minimum Gasteiger partial charge on any atom is -0.550 e. The first-order valence-electron chi connectivity index (χ1n) is 6.30. The van der Waals surface area contributed by atoms with Gasteiger partial charge in [0.15, 0.2) is 0 Å². The van der Waals surface area contributed by atoms with Crippen molar-refractivity contribution in [2.45, 2.75) is 31.4 Å². The van der Waals surface area contributed by atoms with Crippen LogP contribution in [0.2, 0.25) is 0 Å². The van der Waals surface area contributed by atoms with E-state index in [1.54, 1.807) is 0 Å². The number of halogens is 1. The van der Waals surface area contributed by atoms with E-state index in [1.165, 1.54) is 0 Å². The quantitative estimate of drug-likeness (QED) is 0.347. The molecular formula is C12H26ClN3O6. The van der Waals surface area contributed by atoms with Crippen molar-refractivity contribution < 1.29 is 34.2 Å². The number of rotatable bonds is 8. The molecule has 0 bridgehead atoms. The molecule has 0 rings (SSSR count). The Labute approximate surface area is 135 Å². The molecule has 0 fully saturated rings. The normalized spacial score (nSPS) is 13.0. The number of nitrogens with zero attached hydrogens (tertiary/aromatic N) is 1. The predicted octanol–water partition coefficient (Wildman–Crippen LogP) is -2.72. The molecular weight excluding hydrogens is 318 g/mol. The van der Waals surface area contributed by atoms with Crippen molar-refractivity contribution in [2.75, 3.05) is 27.7 Å². The topological polar surface area (TPSA) is 167 Å². The third kappa shape index (κ3) is 20.9. The summed E-state index contributed by atoms with van der Waals surface area (Å²) < 4.78 is 0.550. The molecule has 0 aromatic rings. The van der Waals surface area contributed by atoms with E-state index in [9.17, 15) is 19.5 Å². The number of carboxylic acids is 2. The van der Waals surface area contributed by atoms with Crippen molar-refractivity contribution in [1.82, 2.24) is 0 Å². The lowest BCUT2D eigenvalue weighted by atomic mass is 10.2. The van der Waals surface area contributed by atoms with Crippen LogP contribution >= 0.6 is 12.4 Å².